The number of rotatable bonds is 2. The second kappa shape index (κ2) is 14.4. The fourth-order valence-corrected chi connectivity index (χ4v) is 0.258. The van der Waals surface area contributed by atoms with Crippen molar-refractivity contribution in [3.63, 3.8) is 0 Å². The summed E-state index contributed by atoms with van der Waals surface area (Å²) in [4.78, 5) is 20.1. The van der Waals surface area contributed by atoms with Crippen LogP contribution in [0.3, 0.4) is 0 Å². The van der Waals surface area contributed by atoms with Crippen molar-refractivity contribution >= 4 is 11.9 Å². The van der Waals surface area contributed by atoms with Crippen LogP contribution < -0.4 is 5.73 Å². The van der Waals surface area contributed by atoms with Crippen molar-refractivity contribution in [3.05, 3.63) is 0 Å². The zero-order valence-corrected chi connectivity index (χ0v) is 9.15. The summed E-state index contributed by atoms with van der Waals surface area (Å²) in [5.74, 6) is -1.67. The van der Waals surface area contributed by atoms with E-state index in [1.165, 1.54) is 0 Å². The largest absolute Gasteiger partial charge is 0.481 e. The molecule has 0 bridgehead atoms. The average molecular weight is 208 g/mol. The molecule has 0 aromatic heterocycles. The minimum Gasteiger partial charge on any atom is -0.481 e. The topological polar surface area (TPSA) is 104 Å². The van der Waals surface area contributed by atoms with E-state index in [-0.39, 0.29) is 0 Å². The van der Waals surface area contributed by atoms with Gasteiger partial charge in [-0.25, -0.2) is 0 Å². The van der Waals surface area contributed by atoms with Crippen molar-refractivity contribution < 1.29 is 19.8 Å². The molecule has 4 N–H and O–H groups in total. The van der Waals surface area contributed by atoms with Crippen molar-refractivity contribution in [2.24, 2.45) is 5.73 Å². The number of carboxylic acids is 2. The third-order valence-electron chi connectivity index (χ3n) is 0.576. The lowest BCUT2D eigenvalue weighted by Gasteiger charge is -2.03. The van der Waals surface area contributed by atoms with Crippen molar-refractivity contribution in [3.8, 4) is 0 Å². The quantitative estimate of drug-likeness (QED) is 0.575. The minimum absolute atomic E-state index is 0.757. The van der Waals surface area contributed by atoms with E-state index >= 15 is 0 Å². The third kappa shape index (κ3) is 305. The zero-order valence-electron chi connectivity index (χ0n) is 9.15. The van der Waals surface area contributed by atoms with Crippen LogP contribution in [0, 0.1) is 0 Å². The number of carboxylic acid groups (broad SMARTS) is 2. The fraction of sp³-hybridized carbons (Fsp3) is 0.750. The maximum atomic E-state index is 9.00. The third-order valence-corrected chi connectivity index (χ3v) is 0.576. The Labute approximate surface area is 84.3 Å². The highest BCUT2D eigenvalue weighted by Crippen LogP contribution is 1.64. The van der Waals surface area contributed by atoms with Gasteiger partial charge in [0.2, 0.25) is 0 Å². The number of nitrogens with two attached hydrogens (primary N) is 1. The molecule has 0 aromatic carbocycles. The highest BCUT2D eigenvalue weighted by molar-refractivity contribution is 5.63. The predicted octanol–water partition coefficient (Wildman–Crippen LogP) is -0.311. The summed E-state index contributed by atoms with van der Waals surface area (Å²) >= 11 is 0. The summed E-state index contributed by atoms with van der Waals surface area (Å²) in [6.45, 7) is 3.91. The maximum absolute atomic E-state index is 9.00. The first kappa shape index (κ1) is 18.6. The van der Waals surface area contributed by atoms with Crippen molar-refractivity contribution in [2.45, 2.75) is 13.8 Å². The molecule has 6 nitrogen and oxygen atoms in total. The van der Waals surface area contributed by atoms with Gasteiger partial charge in [-0.15, -0.1) is 0 Å². The van der Waals surface area contributed by atoms with Gasteiger partial charge in [0.25, 0.3) is 11.9 Å². The first-order valence-electron chi connectivity index (χ1n) is 3.97. The Balaban J connectivity index is -0.000000135. The van der Waals surface area contributed by atoms with Gasteiger partial charge in [0.05, 0.1) is 0 Å². The molecule has 0 aliphatic heterocycles. The van der Waals surface area contributed by atoms with Crippen molar-refractivity contribution in [2.75, 3.05) is 27.2 Å². The van der Waals surface area contributed by atoms with Gasteiger partial charge in [-0.1, -0.05) is 0 Å². The van der Waals surface area contributed by atoms with Gasteiger partial charge in [-0.2, -0.15) is 0 Å². The summed E-state index contributed by atoms with van der Waals surface area (Å²) in [5.41, 5.74) is 5.19. The van der Waals surface area contributed by atoms with Gasteiger partial charge in [0, 0.05) is 26.9 Å². The Morgan fingerprint density at radius 1 is 1.14 bits per heavy atom. The molecule has 0 spiro atoms. The molecule has 0 fully saturated rings. The van der Waals surface area contributed by atoms with Crippen molar-refractivity contribution in [1.29, 1.82) is 0 Å². The molecule has 0 aromatic rings. The first-order valence-corrected chi connectivity index (χ1v) is 3.97. The van der Waals surface area contributed by atoms with E-state index in [0.29, 0.717) is 0 Å². The second-order valence-electron chi connectivity index (χ2n) is 2.63. The zero-order chi connectivity index (χ0) is 12.1. The predicted molar refractivity (Wildman–Crippen MR) is 54.2 cm³/mol. The molecule has 0 amide bonds. The smallest absolute Gasteiger partial charge is 0.300 e. The van der Waals surface area contributed by atoms with E-state index in [9.17, 15) is 0 Å². The Morgan fingerprint density at radius 2 is 1.36 bits per heavy atom. The Morgan fingerprint density at radius 3 is 1.36 bits per heavy atom. The van der Waals surface area contributed by atoms with Gasteiger partial charge in [-0.05, 0) is 14.1 Å². The Kier molecular flexibility index (Phi) is 19.1. The highest BCUT2D eigenvalue weighted by Gasteiger charge is 1.79. The molecule has 6 heteroatoms. The molecule has 0 saturated carbocycles. The van der Waals surface area contributed by atoms with E-state index in [4.69, 9.17) is 25.5 Å². The maximum Gasteiger partial charge on any atom is 0.300 e. The summed E-state index contributed by atoms with van der Waals surface area (Å²) in [7, 11) is 4.01. The molecule has 86 valence electrons. The van der Waals surface area contributed by atoms with Gasteiger partial charge in [0.15, 0.2) is 0 Å². The van der Waals surface area contributed by atoms with Crippen molar-refractivity contribution in [1.82, 2.24) is 4.90 Å². The van der Waals surface area contributed by atoms with Gasteiger partial charge in [-0.3, -0.25) is 9.59 Å². The molecule has 0 heterocycles. The van der Waals surface area contributed by atoms with Crippen LogP contribution in [0.25, 0.3) is 0 Å². The molecule has 0 aliphatic rings. The first-order chi connectivity index (χ1) is 6.23. The summed E-state index contributed by atoms with van der Waals surface area (Å²) in [6.07, 6.45) is 0. The van der Waals surface area contributed by atoms with Crippen LogP contribution in [-0.4, -0.2) is 54.2 Å². The van der Waals surface area contributed by atoms with E-state index in [2.05, 4.69) is 4.90 Å². The average Bonchev–Trinajstić information content (AvgIpc) is 1.82. The van der Waals surface area contributed by atoms with Crippen LogP contribution in [0.2, 0.25) is 0 Å². The lowest BCUT2D eigenvalue weighted by Crippen LogP contribution is -2.20. The lowest BCUT2D eigenvalue weighted by molar-refractivity contribution is -0.135. The van der Waals surface area contributed by atoms with Gasteiger partial charge < -0.3 is 20.8 Å². The molecule has 14 heavy (non-hydrogen) atoms. The summed E-state index contributed by atoms with van der Waals surface area (Å²) < 4.78 is 0. The van der Waals surface area contributed by atoms with Gasteiger partial charge in [0.1, 0.15) is 0 Å². The molecular weight excluding hydrogens is 188 g/mol. The minimum atomic E-state index is -0.833. The molecule has 0 unspecified atom stereocenters. The van der Waals surface area contributed by atoms with E-state index in [1.54, 1.807) is 0 Å². The van der Waals surface area contributed by atoms with E-state index < -0.39 is 11.9 Å². The summed E-state index contributed by atoms with van der Waals surface area (Å²) in [6, 6.07) is 0. The Bertz CT molecular complexity index is 128. The molecule has 0 aliphatic carbocycles. The Hall–Kier alpha value is -1.14. The molecule has 0 saturated heterocycles. The van der Waals surface area contributed by atoms with E-state index in [0.717, 1.165) is 26.9 Å². The molecule has 0 atom stereocenters. The second-order valence-corrected chi connectivity index (χ2v) is 2.63. The fourth-order valence-electron chi connectivity index (χ4n) is 0.258. The number of nitrogens with zero attached hydrogens (tertiary/aromatic N) is 1. The molecule has 0 radical (unpaired) electrons. The number of aliphatic carboxylic acids is 2. The monoisotopic (exact) mass is 208 g/mol. The van der Waals surface area contributed by atoms with E-state index in [1.807, 2.05) is 14.1 Å². The number of likely N-dealkylation sites (N-methyl/N-ethyl adjacent to an activating group) is 1. The SMILES string of the molecule is CC(=O)O.CC(=O)O.CN(C)CCN. The molecular formula is C8H20N2O4. The van der Waals surface area contributed by atoms with Crippen LogP contribution >= 0.6 is 0 Å². The number of carbonyl (C=O) groups is 2. The van der Waals surface area contributed by atoms with Crippen LogP contribution in [0.4, 0.5) is 0 Å². The summed E-state index contributed by atoms with van der Waals surface area (Å²) in [5, 5.41) is 14.8. The highest BCUT2D eigenvalue weighted by atomic mass is 16.4. The normalized spacial score (nSPS) is 7.86. The van der Waals surface area contributed by atoms with Crippen LogP contribution in [-0.2, 0) is 9.59 Å². The lowest BCUT2D eigenvalue weighted by atomic mass is 10.6. The number of hydrogen-bond donors (Lipinski definition) is 3. The van der Waals surface area contributed by atoms with Crippen LogP contribution in [0.5, 0.6) is 0 Å². The standard InChI is InChI=1S/C4H12N2.2C2H4O2/c1-6(2)4-3-5;2*1-2(3)4/h3-5H2,1-2H3;2*1H3,(H,3,4). The number of hydrogen-bond acceptors (Lipinski definition) is 4. The van der Waals surface area contributed by atoms with Crippen LogP contribution in [0.1, 0.15) is 13.8 Å². The molecule has 0 rings (SSSR count). The van der Waals surface area contributed by atoms with Crippen LogP contribution in [0.15, 0.2) is 0 Å². The van der Waals surface area contributed by atoms with Gasteiger partial charge >= 0.3 is 0 Å².